The number of nitrogens with zero attached hydrogens (tertiary/aromatic N) is 2. The van der Waals surface area contributed by atoms with Crippen LogP contribution in [0.25, 0.3) is 0 Å². The second-order valence-corrected chi connectivity index (χ2v) is 5.61. The van der Waals surface area contributed by atoms with Crippen LogP contribution in [-0.2, 0) is 24.5 Å². The second kappa shape index (κ2) is 5.09. The molecule has 1 aliphatic heterocycles. The summed E-state index contributed by atoms with van der Waals surface area (Å²) in [6.45, 7) is 0.459. The maximum absolute atomic E-state index is 11.9. The summed E-state index contributed by atoms with van der Waals surface area (Å²) in [5, 5.41) is 0. The number of hydrogen-bond acceptors (Lipinski definition) is 5. The van der Waals surface area contributed by atoms with E-state index in [1.165, 1.54) is 21.2 Å². The van der Waals surface area contributed by atoms with Gasteiger partial charge in [0.1, 0.15) is 6.04 Å². The Bertz CT molecular complexity index is 353. The number of morpholine rings is 1. The predicted octanol–water partition coefficient (Wildman–Crippen LogP) is -1.33. The molecule has 8 heteroatoms. The maximum Gasteiger partial charge on any atom is 0.326 e. The van der Waals surface area contributed by atoms with Gasteiger partial charge in [0.15, 0.2) is 0 Å². The van der Waals surface area contributed by atoms with Crippen molar-refractivity contribution in [2.75, 3.05) is 41.0 Å². The summed E-state index contributed by atoms with van der Waals surface area (Å²) in [7, 11) is 0.433. The number of rotatable bonds is 3. The molecule has 0 spiro atoms. The largest absolute Gasteiger partial charge is 0.468 e. The van der Waals surface area contributed by atoms with Crippen LogP contribution in [0.5, 0.6) is 0 Å². The number of esters is 1. The molecule has 0 N–H and O–H groups in total. The maximum atomic E-state index is 11.9. The molecule has 0 amide bonds. The summed E-state index contributed by atoms with van der Waals surface area (Å²) < 4.78 is 35.6. The van der Waals surface area contributed by atoms with E-state index in [2.05, 4.69) is 4.74 Å². The fourth-order valence-corrected chi connectivity index (χ4v) is 2.59. The molecule has 0 aromatic rings. The third-order valence-corrected chi connectivity index (χ3v) is 4.26. The second-order valence-electron chi connectivity index (χ2n) is 3.51. The van der Waals surface area contributed by atoms with Gasteiger partial charge in [-0.25, -0.2) is 0 Å². The Labute approximate surface area is 95.1 Å². The van der Waals surface area contributed by atoms with Crippen molar-refractivity contribution in [3.8, 4) is 0 Å². The summed E-state index contributed by atoms with van der Waals surface area (Å²) in [5.41, 5.74) is 0. The molecule has 1 rings (SSSR count). The number of hydrogen-bond donors (Lipinski definition) is 0. The first-order chi connectivity index (χ1) is 7.41. The highest BCUT2D eigenvalue weighted by molar-refractivity contribution is 7.86. The smallest absolute Gasteiger partial charge is 0.326 e. The van der Waals surface area contributed by atoms with Gasteiger partial charge in [0.05, 0.1) is 20.3 Å². The molecule has 1 atom stereocenters. The SMILES string of the molecule is COC(=O)C1COCCN1S(=O)(=O)N(C)C. The first kappa shape index (κ1) is 13.4. The van der Waals surface area contributed by atoms with Crippen molar-refractivity contribution in [3.05, 3.63) is 0 Å². The molecule has 7 nitrogen and oxygen atoms in total. The molecule has 0 bridgehead atoms. The minimum Gasteiger partial charge on any atom is -0.468 e. The van der Waals surface area contributed by atoms with Crippen LogP contribution in [-0.4, -0.2) is 70.0 Å². The minimum atomic E-state index is -3.62. The predicted molar refractivity (Wildman–Crippen MR) is 55.9 cm³/mol. The average molecular weight is 252 g/mol. The molecule has 1 saturated heterocycles. The average Bonchev–Trinajstić information content (AvgIpc) is 2.27. The van der Waals surface area contributed by atoms with Crippen LogP contribution in [0.3, 0.4) is 0 Å². The van der Waals surface area contributed by atoms with Crippen molar-refractivity contribution in [1.29, 1.82) is 0 Å². The molecular weight excluding hydrogens is 236 g/mol. The highest BCUT2D eigenvalue weighted by atomic mass is 32.2. The van der Waals surface area contributed by atoms with Crippen molar-refractivity contribution in [1.82, 2.24) is 8.61 Å². The first-order valence-electron chi connectivity index (χ1n) is 4.76. The van der Waals surface area contributed by atoms with E-state index in [1.54, 1.807) is 0 Å². The molecule has 0 radical (unpaired) electrons. The third kappa shape index (κ3) is 2.51. The molecule has 94 valence electrons. The highest BCUT2D eigenvalue weighted by Gasteiger charge is 2.39. The Morgan fingerprint density at radius 3 is 2.62 bits per heavy atom. The van der Waals surface area contributed by atoms with Gasteiger partial charge < -0.3 is 9.47 Å². The molecule has 0 saturated carbocycles. The lowest BCUT2D eigenvalue weighted by Crippen LogP contribution is -2.55. The van der Waals surface area contributed by atoms with Gasteiger partial charge in [0, 0.05) is 20.6 Å². The van der Waals surface area contributed by atoms with E-state index < -0.39 is 22.2 Å². The lowest BCUT2D eigenvalue weighted by Gasteiger charge is -2.34. The zero-order valence-electron chi connectivity index (χ0n) is 9.54. The van der Waals surface area contributed by atoms with Crippen molar-refractivity contribution < 1.29 is 22.7 Å². The van der Waals surface area contributed by atoms with Crippen molar-refractivity contribution in [2.24, 2.45) is 0 Å². The van der Waals surface area contributed by atoms with Gasteiger partial charge in [-0.3, -0.25) is 4.79 Å². The molecule has 0 aromatic carbocycles. The topological polar surface area (TPSA) is 76.1 Å². The summed E-state index contributed by atoms with van der Waals surface area (Å²) in [4.78, 5) is 11.4. The summed E-state index contributed by atoms with van der Waals surface area (Å²) >= 11 is 0. The normalized spacial score (nSPS) is 23.4. The number of ether oxygens (including phenoxy) is 2. The molecule has 1 aliphatic rings. The van der Waals surface area contributed by atoms with E-state index in [4.69, 9.17) is 4.74 Å². The van der Waals surface area contributed by atoms with Gasteiger partial charge in [0.25, 0.3) is 10.2 Å². The molecule has 0 aromatic heterocycles. The van der Waals surface area contributed by atoms with E-state index in [0.717, 1.165) is 8.61 Å². The third-order valence-electron chi connectivity index (χ3n) is 2.31. The standard InChI is InChI=1S/C8H16N2O5S/c1-9(2)16(12,13)10-4-5-15-6-7(10)8(11)14-3/h7H,4-6H2,1-3H3. The molecule has 0 aliphatic carbocycles. The Morgan fingerprint density at radius 1 is 1.50 bits per heavy atom. The lowest BCUT2D eigenvalue weighted by atomic mass is 10.3. The van der Waals surface area contributed by atoms with Crippen LogP contribution in [0.4, 0.5) is 0 Å². The lowest BCUT2D eigenvalue weighted by molar-refractivity contribution is -0.149. The van der Waals surface area contributed by atoms with Crippen LogP contribution >= 0.6 is 0 Å². The first-order valence-corrected chi connectivity index (χ1v) is 6.16. The molecular formula is C8H16N2O5S. The number of carbonyl (C=O) groups excluding carboxylic acids is 1. The molecule has 16 heavy (non-hydrogen) atoms. The molecule has 1 fully saturated rings. The van der Waals surface area contributed by atoms with Gasteiger partial charge >= 0.3 is 5.97 Å². The van der Waals surface area contributed by atoms with Crippen molar-refractivity contribution in [3.63, 3.8) is 0 Å². The van der Waals surface area contributed by atoms with Crippen LogP contribution < -0.4 is 0 Å². The van der Waals surface area contributed by atoms with Gasteiger partial charge in [0.2, 0.25) is 0 Å². The quantitative estimate of drug-likeness (QED) is 0.581. The van der Waals surface area contributed by atoms with Crippen molar-refractivity contribution in [2.45, 2.75) is 6.04 Å². The van der Waals surface area contributed by atoms with Crippen LogP contribution in [0.15, 0.2) is 0 Å². The van der Waals surface area contributed by atoms with Crippen molar-refractivity contribution >= 4 is 16.2 Å². The monoisotopic (exact) mass is 252 g/mol. The van der Waals surface area contributed by atoms with E-state index in [0.29, 0.717) is 0 Å². The van der Waals surface area contributed by atoms with E-state index >= 15 is 0 Å². The summed E-state index contributed by atoms with van der Waals surface area (Å²) in [5.74, 6) is -0.606. The van der Waals surface area contributed by atoms with Gasteiger partial charge in [-0.05, 0) is 0 Å². The zero-order valence-corrected chi connectivity index (χ0v) is 10.4. The van der Waals surface area contributed by atoms with Gasteiger partial charge in [-0.1, -0.05) is 0 Å². The van der Waals surface area contributed by atoms with Gasteiger partial charge in [-0.2, -0.15) is 17.0 Å². The number of methoxy groups -OCH3 is 1. The van der Waals surface area contributed by atoms with Crippen LogP contribution in [0.2, 0.25) is 0 Å². The Hall–Kier alpha value is -0.700. The van der Waals surface area contributed by atoms with Crippen LogP contribution in [0.1, 0.15) is 0 Å². The van der Waals surface area contributed by atoms with Crippen LogP contribution in [0, 0.1) is 0 Å². The minimum absolute atomic E-state index is 0.0275. The highest BCUT2D eigenvalue weighted by Crippen LogP contribution is 2.15. The fraction of sp³-hybridized carbons (Fsp3) is 0.875. The number of carbonyl (C=O) groups is 1. The molecule has 1 heterocycles. The Kier molecular flexibility index (Phi) is 4.25. The Balaban J connectivity index is 2.95. The fourth-order valence-electron chi connectivity index (χ4n) is 1.40. The summed E-state index contributed by atoms with van der Waals surface area (Å²) in [6.07, 6.45) is 0. The van der Waals surface area contributed by atoms with E-state index in [9.17, 15) is 13.2 Å². The van der Waals surface area contributed by atoms with E-state index in [-0.39, 0.29) is 19.8 Å². The Morgan fingerprint density at radius 2 is 2.12 bits per heavy atom. The van der Waals surface area contributed by atoms with Gasteiger partial charge in [-0.15, -0.1) is 0 Å². The zero-order chi connectivity index (χ0) is 12.3. The van der Waals surface area contributed by atoms with E-state index in [1.807, 2.05) is 0 Å². The molecule has 1 unspecified atom stereocenters. The summed E-state index contributed by atoms with van der Waals surface area (Å²) in [6, 6.07) is -0.897.